The summed E-state index contributed by atoms with van der Waals surface area (Å²) in [5.74, 6) is 1.09. The number of benzene rings is 3. The second-order valence-corrected chi connectivity index (χ2v) is 9.40. The number of allylic oxidation sites excluding steroid dienone is 1. The van der Waals surface area contributed by atoms with Gasteiger partial charge in [-0.1, -0.05) is 67.4 Å². The first kappa shape index (κ1) is 22.5. The van der Waals surface area contributed by atoms with Gasteiger partial charge in [-0.2, -0.15) is 0 Å². The number of nitrogens with one attached hydrogen (secondary N) is 2. The van der Waals surface area contributed by atoms with Crippen LogP contribution in [0, 0.1) is 0 Å². The fraction of sp³-hybridized carbons (Fsp3) is 0.276. The van der Waals surface area contributed by atoms with E-state index in [1.54, 1.807) is 0 Å². The van der Waals surface area contributed by atoms with Gasteiger partial charge in [-0.15, -0.1) is 0 Å². The second kappa shape index (κ2) is 9.94. The van der Waals surface area contributed by atoms with Crippen LogP contribution in [0.15, 0.2) is 84.1 Å². The van der Waals surface area contributed by atoms with E-state index in [4.69, 9.17) is 16.3 Å². The van der Waals surface area contributed by atoms with Crippen molar-refractivity contribution in [2.75, 3.05) is 17.2 Å². The molecule has 0 spiro atoms. The first-order valence-corrected chi connectivity index (χ1v) is 12.4. The Labute approximate surface area is 206 Å². The zero-order valence-electron chi connectivity index (χ0n) is 19.3. The van der Waals surface area contributed by atoms with E-state index < -0.39 is 0 Å². The molecule has 1 heterocycles. The summed E-state index contributed by atoms with van der Waals surface area (Å²) in [5.41, 5.74) is 5.85. The summed E-state index contributed by atoms with van der Waals surface area (Å²) in [5, 5.41) is 7.97. The molecule has 2 atom stereocenters. The molecule has 0 saturated carbocycles. The molecule has 2 aliphatic rings. The van der Waals surface area contributed by atoms with Crippen molar-refractivity contribution in [2.24, 2.45) is 0 Å². The molecule has 3 aromatic rings. The number of ketones is 1. The second-order valence-electron chi connectivity index (χ2n) is 8.96. The number of Topliss-reactive ketones (excluding diaryl/α,β-unsaturated/α-hetero) is 1. The van der Waals surface area contributed by atoms with Crippen LogP contribution in [0.3, 0.4) is 0 Å². The number of hydrogen-bond acceptors (Lipinski definition) is 4. The highest BCUT2D eigenvalue weighted by molar-refractivity contribution is 6.30. The van der Waals surface area contributed by atoms with E-state index in [1.807, 2.05) is 54.6 Å². The quantitative estimate of drug-likeness (QED) is 0.365. The van der Waals surface area contributed by atoms with Crippen molar-refractivity contribution in [1.82, 2.24) is 0 Å². The molecule has 0 aromatic heterocycles. The van der Waals surface area contributed by atoms with Crippen molar-refractivity contribution >= 4 is 28.8 Å². The number of ether oxygens (including phenoxy) is 1. The van der Waals surface area contributed by atoms with E-state index >= 15 is 0 Å². The van der Waals surface area contributed by atoms with Crippen LogP contribution in [0.4, 0.5) is 11.4 Å². The van der Waals surface area contributed by atoms with Gasteiger partial charge in [0.2, 0.25) is 0 Å². The van der Waals surface area contributed by atoms with E-state index in [0.717, 1.165) is 58.8 Å². The number of halogens is 1. The Morgan fingerprint density at radius 3 is 2.47 bits per heavy atom. The Kier molecular flexibility index (Phi) is 6.59. The number of anilines is 2. The first-order chi connectivity index (χ1) is 16.6. The number of carbonyl (C=O) groups is 1. The predicted molar refractivity (Wildman–Crippen MR) is 139 cm³/mol. The van der Waals surface area contributed by atoms with Crippen LogP contribution in [-0.2, 0) is 4.79 Å². The monoisotopic (exact) mass is 472 g/mol. The van der Waals surface area contributed by atoms with Crippen molar-refractivity contribution in [3.63, 3.8) is 0 Å². The Balaban J connectivity index is 1.57. The van der Waals surface area contributed by atoms with Crippen molar-refractivity contribution in [2.45, 2.75) is 44.6 Å². The highest BCUT2D eigenvalue weighted by Crippen LogP contribution is 2.45. The molecule has 0 saturated heterocycles. The fourth-order valence-electron chi connectivity index (χ4n) is 4.87. The lowest BCUT2D eigenvalue weighted by Crippen LogP contribution is -2.27. The van der Waals surface area contributed by atoms with Gasteiger partial charge < -0.3 is 15.4 Å². The van der Waals surface area contributed by atoms with E-state index in [9.17, 15) is 4.79 Å². The maximum absolute atomic E-state index is 13.7. The van der Waals surface area contributed by atoms with Crippen LogP contribution in [0.5, 0.6) is 5.75 Å². The lowest BCUT2D eigenvalue weighted by molar-refractivity contribution is -0.116. The third-order valence-corrected chi connectivity index (χ3v) is 6.89. The van der Waals surface area contributed by atoms with Gasteiger partial charge in [-0.05, 0) is 54.7 Å². The highest BCUT2D eigenvalue weighted by atomic mass is 35.5. The average molecular weight is 473 g/mol. The molecule has 34 heavy (non-hydrogen) atoms. The zero-order chi connectivity index (χ0) is 23.5. The molecule has 0 radical (unpaired) electrons. The maximum Gasteiger partial charge on any atom is 0.163 e. The summed E-state index contributed by atoms with van der Waals surface area (Å²) >= 11 is 6.11. The zero-order valence-corrected chi connectivity index (χ0v) is 20.1. The number of para-hydroxylation sites is 3. The van der Waals surface area contributed by atoms with Crippen molar-refractivity contribution in [3.05, 3.63) is 100 Å². The molecule has 0 fully saturated rings. The van der Waals surface area contributed by atoms with E-state index in [1.165, 1.54) is 0 Å². The molecule has 3 aromatic carbocycles. The summed E-state index contributed by atoms with van der Waals surface area (Å²) < 4.78 is 6.17. The van der Waals surface area contributed by atoms with Gasteiger partial charge in [0, 0.05) is 28.3 Å². The predicted octanol–water partition coefficient (Wildman–Crippen LogP) is 7.50. The third-order valence-electron chi connectivity index (χ3n) is 6.64. The minimum Gasteiger partial charge on any atom is -0.493 e. The van der Waals surface area contributed by atoms with Crippen molar-refractivity contribution < 1.29 is 9.53 Å². The molecule has 2 N–H and O–H groups in total. The highest BCUT2D eigenvalue weighted by Gasteiger charge is 2.37. The van der Waals surface area contributed by atoms with Crippen LogP contribution in [0.2, 0.25) is 5.02 Å². The normalized spacial score (nSPS) is 19.4. The molecule has 4 nitrogen and oxygen atoms in total. The van der Waals surface area contributed by atoms with E-state index in [2.05, 4.69) is 35.8 Å². The molecule has 0 unspecified atom stereocenters. The van der Waals surface area contributed by atoms with Gasteiger partial charge in [0.25, 0.3) is 0 Å². The molecule has 0 amide bonds. The Hall–Kier alpha value is -3.24. The summed E-state index contributed by atoms with van der Waals surface area (Å²) in [7, 11) is 0. The third kappa shape index (κ3) is 4.55. The largest absolute Gasteiger partial charge is 0.493 e. The summed E-state index contributed by atoms with van der Waals surface area (Å²) in [6, 6.07) is 23.8. The molecule has 5 rings (SSSR count). The summed E-state index contributed by atoms with van der Waals surface area (Å²) in [4.78, 5) is 13.7. The van der Waals surface area contributed by atoms with Gasteiger partial charge >= 0.3 is 0 Å². The van der Waals surface area contributed by atoms with Crippen LogP contribution in [-0.4, -0.2) is 12.4 Å². The van der Waals surface area contributed by atoms with E-state index in [-0.39, 0.29) is 17.7 Å². The SMILES string of the molecule is CCCCOc1ccccc1[C@@H]1Nc2ccccc2NC2=C1C(=O)C[C@H](c1ccc(Cl)cc1)C2. The standard InChI is InChI=1S/C29H29ClN2O2/c1-2-3-16-34-27-11-7-4-8-22(27)29-28-25(31-23-9-5-6-10-24(23)32-29)17-20(18-26(28)33)19-12-14-21(30)15-13-19/h4-15,20,29,31-32H,2-3,16-18H2,1H3/t20-,29+/m1/s1. The minimum atomic E-state index is -0.289. The molecule has 174 valence electrons. The maximum atomic E-state index is 13.7. The number of unbranched alkanes of at least 4 members (excludes halogenated alkanes) is 1. The van der Waals surface area contributed by atoms with Crippen LogP contribution in [0.1, 0.15) is 55.7 Å². The van der Waals surface area contributed by atoms with Crippen LogP contribution >= 0.6 is 11.6 Å². The first-order valence-electron chi connectivity index (χ1n) is 12.0. The Bertz CT molecular complexity index is 1220. The molecule has 5 heteroatoms. The van der Waals surface area contributed by atoms with Crippen LogP contribution in [0.25, 0.3) is 0 Å². The van der Waals surface area contributed by atoms with Gasteiger partial charge in [0.15, 0.2) is 5.78 Å². The molecule has 1 aliphatic carbocycles. The average Bonchev–Trinajstić information content (AvgIpc) is 3.02. The Morgan fingerprint density at radius 1 is 0.941 bits per heavy atom. The van der Waals surface area contributed by atoms with Gasteiger partial charge in [0.05, 0.1) is 24.0 Å². The van der Waals surface area contributed by atoms with E-state index in [0.29, 0.717) is 18.1 Å². The number of fused-ring (bicyclic) bond motifs is 1. The minimum absolute atomic E-state index is 0.109. The number of hydrogen-bond donors (Lipinski definition) is 2. The van der Waals surface area contributed by atoms with Crippen LogP contribution < -0.4 is 15.4 Å². The Morgan fingerprint density at radius 2 is 1.68 bits per heavy atom. The van der Waals surface area contributed by atoms with Gasteiger partial charge in [0.1, 0.15) is 5.75 Å². The van der Waals surface area contributed by atoms with Gasteiger partial charge in [-0.25, -0.2) is 0 Å². The lowest BCUT2D eigenvalue weighted by Gasteiger charge is -2.30. The van der Waals surface area contributed by atoms with Gasteiger partial charge in [-0.3, -0.25) is 4.79 Å². The fourth-order valence-corrected chi connectivity index (χ4v) is 5.00. The summed E-state index contributed by atoms with van der Waals surface area (Å²) in [6.07, 6.45) is 3.29. The van der Waals surface area contributed by atoms with Crippen molar-refractivity contribution in [3.8, 4) is 5.75 Å². The molecular formula is C29H29ClN2O2. The smallest absolute Gasteiger partial charge is 0.163 e. The van der Waals surface area contributed by atoms with Crippen molar-refractivity contribution in [1.29, 1.82) is 0 Å². The number of rotatable bonds is 6. The lowest BCUT2D eigenvalue weighted by atomic mass is 9.78. The molecule has 0 bridgehead atoms. The summed E-state index contributed by atoms with van der Waals surface area (Å²) in [6.45, 7) is 2.81. The number of carbonyl (C=O) groups excluding carboxylic acids is 1. The molecule has 1 aliphatic heterocycles. The topological polar surface area (TPSA) is 50.4 Å². The molecular weight excluding hydrogens is 444 g/mol.